The normalized spacial score (nSPS) is 19.1. The van der Waals surface area contributed by atoms with Crippen molar-refractivity contribution in [2.45, 2.75) is 26.3 Å². The third-order valence-electron chi connectivity index (χ3n) is 3.89. The molecule has 0 bridgehead atoms. The standard InChI is InChI=1S/C14H18N4O2S/c1-4-10-12(19)15-5-6-18(10)13(20)11-7-9-8(2)16-17(3)14(9)21-11/h7,10H,4-6H2,1-3H3,(H,15,19). The van der Waals surface area contributed by atoms with Gasteiger partial charge < -0.3 is 10.2 Å². The molecule has 1 aliphatic heterocycles. The summed E-state index contributed by atoms with van der Waals surface area (Å²) in [7, 11) is 1.88. The van der Waals surface area contributed by atoms with Gasteiger partial charge in [0.05, 0.1) is 10.6 Å². The number of aromatic nitrogens is 2. The number of fused-ring (bicyclic) bond motifs is 1. The van der Waals surface area contributed by atoms with Gasteiger partial charge >= 0.3 is 0 Å². The molecule has 1 aliphatic rings. The van der Waals surface area contributed by atoms with Crippen molar-refractivity contribution in [1.82, 2.24) is 20.0 Å². The molecular weight excluding hydrogens is 288 g/mol. The topological polar surface area (TPSA) is 67.2 Å². The second kappa shape index (κ2) is 5.14. The van der Waals surface area contributed by atoms with Gasteiger partial charge in [0.25, 0.3) is 5.91 Å². The quantitative estimate of drug-likeness (QED) is 0.909. The van der Waals surface area contributed by atoms with E-state index in [0.717, 1.165) is 15.9 Å². The van der Waals surface area contributed by atoms with Crippen molar-refractivity contribution < 1.29 is 9.59 Å². The first-order valence-electron chi connectivity index (χ1n) is 7.04. The Morgan fingerprint density at radius 2 is 2.33 bits per heavy atom. The fraction of sp³-hybridized carbons (Fsp3) is 0.500. The molecule has 2 amide bonds. The van der Waals surface area contributed by atoms with Crippen LogP contribution >= 0.6 is 11.3 Å². The minimum absolute atomic E-state index is 0.0581. The zero-order valence-electron chi connectivity index (χ0n) is 12.3. The first-order valence-corrected chi connectivity index (χ1v) is 7.86. The molecule has 1 fully saturated rings. The Bertz CT molecular complexity index is 683. The molecular formula is C14H18N4O2S. The molecule has 0 aliphatic carbocycles. The second-order valence-corrected chi connectivity index (χ2v) is 6.28. The maximum Gasteiger partial charge on any atom is 0.264 e. The highest BCUT2D eigenvalue weighted by molar-refractivity contribution is 7.20. The van der Waals surface area contributed by atoms with Crippen LogP contribution in [0.5, 0.6) is 0 Å². The van der Waals surface area contributed by atoms with Gasteiger partial charge in [0.15, 0.2) is 0 Å². The van der Waals surface area contributed by atoms with Crippen molar-refractivity contribution in [3.05, 3.63) is 16.6 Å². The van der Waals surface area contributed by atoms with Gasteiger partial charge in [-0.05, 0) is 19.4 Å². The number of hydrogen-bond acceptors (Lipinski definition) is 4. The predicted octanol–water partition coefficient (Wildman–Crippen LogP) is 1.29. The van der Waals surface area contributed by atoms with Gasteiger partial charge in [0.1, 0.15) is 10.9 Å². The number of hydrogen-bond donors (Lipinski definition) is 1. The van der Waals surface area contributed by atoms with Gasteiger partial charge in [-0.25, -0.2) is 0 Å². The Morgan fingerprint density at radius 3 is 3.00 bits per heavy atom. The van der Waals surface area contributed by atoms with Crippen LogP contribution in [0.2, 0.25) is 0 Å². The largest absolute Gasteiger partial charge is 0.353 e. The average Bonchev–Trinajstić information content (AvgIpc) is 3.00. The molecule has 3 heterocycles. The maximum absolute atomic E-state index is 12.7. The van der Waals surface area contributed by atoms with E-state index in [4.69, 9.17) is 0 Å². The highest BCUT2D eigenvalue weighted by Gasteiger charge is 2.33. The van der Waals surface area contributed by atoms with Crippen molar-refractivity contribution in [3.8, 4) is 0 Å². The molecule has 3 rings (SSSR count). The van der Waals surface area contributed by atoms with Crippen LogP contribution in [-0.4, -0.2) is 45.6 Å². The molecule has 1 saturated heterocycles. The summed E-state index contributed by atoms with van der Waals surface area (Å²) >= 11 is 1.44. The first kappa shape index (κ1) is 14.1. The third kappa shape index (κ3) is 2.21. The average molecular weight is 306 g/mol. The van der Waals surface area contributed by atoms with E-state index in [9.17, 15) is 9.59 Å². The lowest BCUT2D eigenvalue weighted by molar-refractivity contribution is -0.127. The summed E-state index contributed by atoms with van der Waals surface area (Å²) in [5.74, 6) is -0.117. The minimum atomic E-state index is -0.365. The van der Waals surface area contributed by atoms with Gasteiger partial charge in [-0.1, -0.05) is 6.92 Å². The molecule has 112 valence electrons. The number of piperazine rings is 1. The number of nitrogens with zero attached hydrogens (tertiary/aromatic N) is 3. The lowest BCUT2D eigenvalue weighted by atomic mass is 10.1. The van der Waals surface area contributed by atoms with Crippen molar-refractivity contribution in [1.29, 1.82) is 0 Å². The van der Waals surface area contributed by atoms with Crippen LogP contribution in [0.4, 0.5) is 0 Å². The van der Waals surface area contributed by atoms with Crippen LogP contribution in [0.15, 0.2) is 6.07 Å². The van der Waals surface area contributed by atoms with Crippen molar-refractivity contribution >= 4 is 33.4 Å². The molecule has 0 radical (unpaired) electrons. The van der Waals surface area contributed by atoms with Crippen LogP contribution in [0.3, 0.4) is 0 Å². The molecule has 0 saturated carbocycles. The summed E-state index contributed by atoms with van der Waals surface area (Å²) in [6.07, 6.45) is 0.628. The molecule has 1 atom stereocenters. The summed E-state index contributed by atoms with van der Waals surface area (Å²) in [4.78, 5) is 28.0. The van der Waals surface area contributed by atoms with Crippen LogP contribution in [0.1, 0.15) is 28.7 Å². The van der Waals surface area contributed by atoms with Gasteiger partial charge in [-0.3, -0.25) is 14.3 Å². The summed E-state index contributed by atoms with van der Waals surface area (Å²) < 4.78 is 1.80. The van der Waals surface area contributed by atoms with E-state index < -0.39 is 0 Å². The van der Waals surface area contributed by atoms with Crippen molar-refractivity contribution in [3.63, 3.8) is 0 Å². The molecule has 2 aromatic heterocycles. The second-order valence-electron chi connectivity index (χ2n) is 5.25. The molecule has 7 heteroatoms. The van der Waals surface area contributed by atoms with E-state index in [2.05, 4.69) is 10.4 Å². The van der Waals surface area contributed by atoms with E-state index in [1.165, 1.54) is 11.3 Å². The molecule has 1 unspecified atom stereocenters. The Kier molecular flexibility index (Phi) is 3.44. The van der Waals surface area contributed by atoms with Crippen LogP contribution < -0.4 is 5.32 Å². The Hall–Kier alpha value is -1.89. The smallest absolute Gasteiger partial charge is 0.264 e. The zero-order valence-corrected chi connectivity index (χ0v) is 13.2. The van der Waals surface area contributed by atoms with E-state index in [1.807, 2.05) is 27.0 Å². The van der Waals surface area contributed by atoms with E-state index in [0.29, 0.717) is 24.4 Å². The highest BCUT2D eigenvalue weighted by Crippen LogP contribution is 2.29. The number of carbonyl (C=O) groups excluding carboxylic acids is 2. The molecule has 2 aromatic rings. The van der Waals surface area contributed by atoms with Gasteiger partial charge in [0.2, 0.25) is 5.91 Å². The summed E-state index contributed by atoms with van der Waals surface area (Å²) in [5.41, 5.74) is 0.922. The number of rotatable bonds is 2. The van der Waals surface area contributed by atoms with E-state index >= 15 is 0 Å². The van der Waals surface area contributed by atoms with Crippen molar-refractivity contribution in [2.75, 3.05) is 13.1 Å². The lowest BCUT2D eigenvalue weighted by Gasteiger charge is -2.34. The Morgan fingerprint density at radius 1 is 1.57 bits per heavy atom. The fourth-order valence-corrected chi connectivity index (χ4v) is 3.89. The lowest BCUT2D eigenvalue weighted by Crippen LogP contribution is -2.56. The minimum Gasteiger partial charge on any atom is -0.353 e. The van der Waals surface area contributed by atoms with Crippen LogP contribution in [-0.2, 0) is 11.8 Å². The van der Waals surface area contributed by atoms with E-state index in [1.54, 1.807) is 9.58 Å². The number of nitrogens with one attached hydrogen (secondary N) is 1. The van der Waals surface area contributed by atoms with Crippen LogP contribution in [0, 0.1) is 6.92 Å². The third-order valence-corrected chi connectivity index (χ3v) is 5.08. The number of carbonyl (C=O) groups is 2. The summed E-state index contributed by atoms with van der Waals surface area (Å²) in [6, 6.07) is 1.53. The van der Waals surface area contributed by atoms with E-state index in [-0.39, 0.29) is 17.9 Å². The SMILES string of the molecule is CCC1C(=O)NCCN1C(=O)c1cc2c(C)nn(C)c2s1. The maximum atomic E-state index is 12.7. The predicted molar refractivity (Wildman–Crippen MR) is 81.5 cm³/mol. The summed E-state index contributed by atoms with van der Waals surface area (Å²) in [6.45, 7) is 4.95. The molecule has 0 aromatic carbocycles. The number of amides is 2. The highest BCUT2D eigenvalue weighted by atomic mass is 32.1. The van der Waals surface area contributed by atoms with Gasteiger partial charge in [-0.15, -0.1) is 11.3 Å². The Balaban J connectivity index is 1.95. The molecule has 1 N–H and O–H groups in total. The van der Waals surface area contributed by atoms with Gasteiger partial charge in [0, 0.05) is 25.5 Å². The molecule has 6 nitrogen and oxygen atoms in total. The fourth-order valence-electron chi connectivity index (χ4n) is 2.82. The zero-order chi connectivity index (χ0) is 15.1. The first-order chi connectivity index (χ1) is 10.0. The Labute approximate surface area is 126 Å². The molecule has 21 heavy (non-hydrogen) atoms. The van der Waals surface area contributed by atoms with Crippen LogP contribution in [0.25, 0.3) is 10.2 Å². The molecule has 0 spiro atoms. The van der Waals surface area contributed by atoms with Crippen molar-refractivity contribution in [2.24, 2.45) is 7.05 Å². The summed E-state index contributed by atoms with van der Waals surface area (Å²) in [5, 5.41) is 8.17. The van der Waals surface area contributed by atoms with Gasteiger partial charge in [-0.2, -0.15) is 5.10 Å². The number of thiophene rings is 1. The number of aryl methyl sites for hydroxylation is 2. The monoisotopic (exact) mass is 306 g/mol.